The predicted octanol–water partition coefficient (Wildman–Crippen LogP) is -0.301. The predicted molar refractivity (Wildman–Crippen MR) is 142 cm³/mol. The number of hydrogen-bond acceptors (Lipinski definition) is 7. The zero-order valence-corrected chi connectivity index (χ0v) is 22.4. The summed E-state index contributed by atoms with van der Waals surface area (Å²) < 4.78 is 44.3. The molecule has 5 amide bonds. The number of benzene rings is 2. The monoisotopic (exact) mass is 595 g/mol. The summed E-state index contributed by atoms with van der Waals surface area (Å²) in [6.07, 6.45) is -9.21. The normalized spacial score (nSPS) is 13.1. The van der Waals surface area contributed by atoms with E-state index >= 15 is 0 Å². The highest BCUT2D eigenvalue weighted by Crippen LogP contribution is 2.24. The number of aliphatic hydroxyl groups excluding tert-OH is 1. The number of halogens is 3. The fourth-order valence-electron chi connectivity index (χ4n) is 3.58. The van der Waals surface area contributed by atoms with Crippen LogP contribution in [-0.4, -0.2) is 78.7 Å². The van der Waals surface area contributed by atoms with Crippen LogP contribution in [-0.2, 0) is 30.4 Å². The molecule has 0 bridgehead atoms. The second-order valence-corrected chi connectivity index (χ2v) is 9.07. The molecule has 0 radical (unpaired) electrons. The summed E-state index contributed by atoms with van der Waals surface area (Å²) in [6, 6.07) is 13.9. The third-order valence-corrected chi connectivity index (χ3v) is 5.68. The van der Waals surface area contributed by atoms with Crippen molar-refractivity contribution in [3.05, 3.63) is 66.2 Å². The van der Waals surface area contributed by atoms with E-state index in [9.17, 15) is 42.3 Å². The topological polar surface area (TPSA) is 189 Å². The van der Waals surface area contributed by atoms with Gasteiger partial charge in [0, 0.05) is 12.8 Å². The number of ether oxygens (including phenoxy) is 1. The summed E-state index contributed by atoms with van der Waals surface area (Å²) in [5.41, 5.74) is 5.60. The summed E-state index contributed by atoms with van der Waals surface area (Å²) >= 11 is 0. The molecule has 0 heterocycles. The molecule has 0 aromatic heterocycles. The number of carbonyl (C=O) groups is 5. The van der Waals surface area contributed by atoms with E-state index in [2.05, 4.69) is 16.0 Å². The van der Waals surface area contributed by atoms with Crippen LogP contribution in [0.4, 0.5) is 13.2 Å². The molecular weight excluding hydrogens is 563 g/mol. The van der Waals surface area contributed by atoms with Gasteiger partial charge in [-0.05, 0) is 24.1 Å². The minimum absolute atomic E-state index is 0.0148. The van der Waals surface area contributed by atoms with Crippen molar-refractivity contribution in [1.82, 2.24) is 21.3 Å². The first-order chi connectivity index (χ1) is 19.8. The third-order valence-electron chi connectivity index (χ3n) is 5.68. The maximum absolute atomic E-state index is 13.0. The van der Waals surface area contributed by atoms with Crippen molar-refractivity contribution < 1.29 is 47.0 Å². The molecule has 0 aliphatic heterocycles. The quantitative estimate of drug-likeness (QED) is 0.154. The Kier molecular flexibility index (Phi) is 13.2. The lowest BCUT2D eigenvalue weighted by molar-refractivity contribution is -0.212. The molecule has 0 spiro atoms. The minimum atomic E-state index is -5.09. The van der Waals surface area contributed by atoms with E-state index in [1.807, 2.05) is 5.32 Å². The van der Waals surface area contributed by atoms with Crippen LogP contribution in [0.1, 0.15) is 18.4 Å². The van der Waals surface area contributed by atoms with Crippen molar-refractivity contribution >= 4 is 29.5 Å². The second-order valence-electron chi connectivity index (χ2n) is 9.07. The number of alkyl halides is 3. The van der Waals surface area contributed by atoms with Crippen molar-refractivity contribution in [1.29, 1.82) is 0 Å². The Morgan fingerprint density at radius 2 is 1.40 bits per heavy atom. The minimum Gasteiger partial charge on any atom is -0.484 e. The Morgan fingerprint density at radius 1 is 0.833 bits per heavy atom. The number of rotatable bonds is 16. The Bertz CT molecular complexity index is 1200. The lowest BCUT2D eigenvalue weighted by Gasteiger charge is -2.26. The number of amides is 5. The summed E-state index contributed by atoms with van der Waals surface area (Å²) in [6.45, 7) is -1.65. The molecule has 2 rings (SSSR count). The van der Waals surface area contributed by atoms with Gasteiger partial charge in [0.25, 0.3) is 5.91 Å². The molecule has 0 fully saturated rings. The van der Waals surface area contributed by atoms with Crippen molar-refractivity contribution in [3.8, 4) is 5.75 Å². The Morgan fingerprint density at radius 3 is 2.00 bits per heavy atom. The highest BCUT2D eigenvalue weighted by atomic mass is 19.4. The van der Waals surface area contributed by atoms with Gasteiger partial charge in [-0.1, -0.05) is 48.5 Å². The van der Waals surface area contributed by atoms with Crippen LogP contribution in [0.5, 0.6) is 5.75 Å². The van der Waals surface area contributed by atoms with Gasteiger partial charge in [-0.25, -0.2) is 0 Å². The molecule has 0 saturated heterocycles. The van der Waals surface area contributed by atoms with Crippen LogP contribution in [0, 0.1) is 0 Å². The first-order valence-electron chi connectivity index (χ1n) is 12.7. The molecule has 42 heavy (non-hydrogen) atoms. The van der Waals surface area contributed by atoms with E-state index in [4.69, 9.17) is 10.5 Å². The lowest BCUT2D eigenvalue weighted by atomic mass is 10.0. The second kappa shape index (κ2) is 16.6. The van der Waals surface area contributed by atoms with Crippen LogP contribution in [0.15, 0.2) is 60.7 Å². The van der Waals surface area contributed by atoms with Gasteiger partial charge in [0.1, 0.15) is 11.8 Å². The summed E-state index contributed by atoms with van der Waals surface area (Å²) in [4.78, 5) is 60.7. The fraction of sp³-hybridized carbons (Fsp3) is 0.370. The third kappa shape index (κ3) is 12.7. The van der Waals surface area contributed by atoms with Crippen LogP contribution in [0.2, 0.25) is 0 Å². The van der Waals surface area contributed by atoms with Crippen LogP contribution in [0.25, 0.3) is 0 Å². The van der Waals surface area contributed by atoms with Crippen LogP contribution in [0.3, 0.4) is 0 Å². The molecule has 2 aromatic rings. The number of carbonyl (C=O) groups excluding carboxylic acids is 5. The van der Waals surface area contributed by atoms with E-state index in [-0.39, 0.29) is 13.0 Å². The van der Waals surface area contributed by atoms with Gasteiger partial charge < -0.3 is 36.8 Å². The molecule has 12 nitrogen and oxygen atoms in total. The Balaban J connectivity index is 1.95. The first-order valence-corrected chi connectivity index (χ1v) is 12.7. The molecule has 0 aliphatic carbocycles. The maximum Gasteiger partial charge on any atom is 0.416 e. The molecule has 2 aromatic carbocycles. The van der Waals surface area contributed by atoms with Gasteiger partial charge >= 0.3 is 6.18 Å². The number of nitrogens with one attached hydrogen (secondary N) is 4. The van der Waals surface area contributed by atoms with Gasteiger partial charge in [-0.3, -0.25) is 24.0 Å². The highest BCUT2D eigenvalue weighted by molar-refractivity contribution is 5.92. The van der Waals surface area contributed by atoms with Crippen molar-refractivity contribution in [2.24, 2.45) is 5.73 Å². The SMILES string of the molecule is NC(=O)CCC(NC(=O)CNC(=O)C(Cc1ccccc1)NC(=O)CNC(=O)COc1ccccc1)C(O)C(F)(F)F. The number of primary amides is 1. The average molecular weight is 596 g/mol. The standard InChI is InChI=1S/C27H32F3N5O7/c28-27(29,30)25(40)19(11-12-21(31)36)34-23(38)15-33-26(41)20(13-17-7-3-1-4-8-17)35-22(37)14-32-24(39)16-42-18-9-5-2-6-10-18/h1-10,19-20,25,40H,11-16H2,(H2,31,36)(H,32,39)(H,33,41)(H,34,38)(H,35,37). The van der Waals surface area contributed by atoms with Crippen LogP contribution >= 0.6 is 0 Å². The van der Waals surface area contributed by atoms with Crippen molar-refractivity contribution in [2.75, 3.05) is 19.7 Å². The molecule has 228 valence electrons. The van der Waals surface area contributed by atoms with Gasteiger partial charge in [-0.15, -0.1) is 0 Å². The van der Waals surface area contributed by atoms with Crippen LogP contribution < -0.4 is 31.7 Å². The smallest absolute Gasteiger partial charge is 0.416 e. The molecule has 0 saturated carbocycles. The number of hydrogen-bond donors (Lipinski definition) is 6. The molecule has 3 atom stereocenters. The summed E-state index contributed by atoms with van der Waals surface area (Å²) in [5, 5.41) is 18.5. The zero-order chi connectivity index (χ0) is 31.1. The molecule has 7 N–H and O–H groups in total. The highest BCUT2D eigenvalue weighted by Gasteiger charge is 2.44. The summed E-state index contributed by atoms with van der Waals surface area (Å²) in [5.74, 6) is -3.74. The van der Waals surface area contributed by atoms with Gasteiger partial charge in [-0.2, -0.15) is 13.2 Å². The lowest BCUT2D eigenvalue weighted by Crippen LogP contribution is -2.54. The Hall–Kier alpha value is -4.66. The number of para-hydroxylation sites is 1. The summed E-state index contributed by atoms with van der Waals surface area (Å²) in [7, 11) is 0. The first kappa shape index (κ1) is 33.5. The van der Waals surface area contributed by atoms with E-state index in [1.165, 1.54) is 0 Å². The molecule has 0 aliphatic rings. The fourth-order valence-corrected chi connectivity index (χ4v) is 3.58. The molecule has 15 heteroatoms. The number of nitrogens with two attached hydrogens (primary N) is 1. The van der Waals surface area contributed by atoms with Crippen molar-refractivity contribution in [2.45, 2.75) is 43.6 Å². The number of aliphatic hydroxyl groups is 1. The van der Waals surface area contributed by atoms with Gasteiger partial charge in [0.05, 0.1) is 19.1 Å². The largest absolute Gasteiger partial charge is 0.484 e. The van der Waals surface area contributed by atoms with E-state index in [0.717, 1.165) is 0 Å². The van der Waals surface area contributed by atoms with E-state index < -0.39 is 79.8 Å². The maximum atomic E-state index is 13.0. The van der Waals surface area contributed by atoms with E-state index in [1.54, 1.807) is 60.7 Å². The Labute approximate surface area is 239 Å². The van der Waals surface area contributed by atoms with Crippen molar-refractivity contribution in [3.63, 3.8) is 0 Å². The zero-order valence-electron chi connectivity index (χ0n) is 22.4. The molecular formula is C27H32F3N5O7. The van der Waals surface area contributed by atoms with Gasteiger partial charge in [0.15, 0.2) is 12.7 Å². The average Bonchev–Trinajstić information content (AvgIpc) is 2.95. The van der Waals surface area contributed by atoms with E-state index in [0.29, 0.717) is 11.3 Å². The molecule has 3 unspecified atom stereocenters. The van der Waals surface area contributed by atoms with Gasteiger partial charge in [0.2, 0.25) is 23.6 Å².